The fourth-order valence-electron chi connectivity index (χ4n) is 4.30. The number of hydrogen-bond acceptors (Lipinski definition) is 1. The Morgan fingerprint density at radius 1 is 0.514 bits per heavy atom. The molecule has 0 aliphatic carbocycles. The molecule has 172 valence electrons. The third kappa shape index (κ3) is 5.12. The van der Waals surface area contributed by atoms with Crippen LogP contribution in [0.2, 0.25) is 0 Å². The normalized spacial score (nSPS) is 11.3. The summed E-state index contributed by atoms with van der Waals surface area (Å²) in [5.74, 6) is 0.853. The van der Waals surface area contributed by atoms with Crippen LogP contribution in [0.25, 0.3) is 22.3 Å². The summed E-state index contributed by atoms with van der Waals surface area (Å²) in [6.45, 7) is 0.501. The molecule has 0 N–H and O–H groups in total. The molecule has 0 spiro atoms. The van der Waals surface area contributed by atoms with Gasteiger partial charge in [0.1, 0.15) is 15.6 Å². The van der Waals surface area contributed by atoms with E-state index in [0.717, 1.165) is 44.7 Å². The molecule has 5 rings (SSSR count). The van der Waals surface area contributed by atoms with Crippen molar-refractivity contribution in [3.63, 3.8) is 0 Å². The number of halogens is 2. The lowest BCUT2D eigenvalue weighted by Gasteiger charge is -2.28. The van der Waals surface area contributed by atoms with E-state index in [1.807, 2.05) is 36.4 Å². The molecule has 5 aromatic rings. The molecule has 0 saturated heterocycles. The summed E-state index contributed by atoms with van der Waals surface area (Å²) in [5, 5.41) is 0. The smallest absolute Gasteiger partial charge is 0.131 e. The summed E-state index contributed by atoms with van der Waals surface area (Å²) in [6, 6.07) is 46.0. The van der Waals surface area contributed by atoms with Crippen LogP contribution in [0.5, 0.6) is 5.75 Å². The second kappa shape index (κ2) is 10.6. The quantitative estimate of drug-likeness (QED) is 0.173. The van der Waals surface area contributed by atoms with Gasteiger partial charge in [0.25, 0.3) is 0 Å². The van der Waals surface area contributed by atoms with Crippen molar-refractivity contribution in [2.45, 2.75) is 9.84 Å². The van der Waals surface area contributed by atoms with Gasteiger partial charge in [-0.1, -0.05) is 159 Å². The number of alkyl halides is 2. The Morgan fingerprint density at radius 3 is 1.57 bits per heavy atom. The number of benzene rings is 5. The molecule has 0 aliphatic heterocycles. The van der Waals surface area contributed by atoms with Crippen LogP contribution in [0.4, 0.5) is 0 Å². The largest absolute Gasteiger partial charge is 0.488 e. The fourth-order valence-corrected chi connectivity index (χ4v) is 5.49. The van der Waals surface area contributed by atoms with E-state index in [2.05, 4.69) is 129 Å². The van der Waals surface area contributed by atoms with E-state index in [1.54, 1.807) is 0 Å². The Balaban J connectivity index is 1.75. The molecule has 0 atom stereocenters. The third-order valence-corrected chi connectivity index (χ3v) is 7.77. The second-order valence-corrected chi connectivity index (χ2v) is 11.8. The zero-order valence-corrected chi connectivity index (χ0v) is 22.2. The predicted octanol–water partition coefficient (Wildman–Crippen LogP) is 9.59. The molecule has 0 bridgehead atoms. The molecule has 0 saturated carbocycles. The SMILES string of the molecule is BrC(Br)(c1ccccc1)c1ccc(OCc2ccccc2)c(-c2ccccc2)c1-c1ccccc1. The average Bonchev–Trinajstić information content (AvgIpc) is 2.93. The van der Waals surface area contributed by atoms with Gasteiger partial charge in [0, 0.05) is 5.56 Å². The van der Waals surface area contributed by atoms with Crippen molar-refractivity contribution in [3.8, 4) is 28.0 Å². The van der Waals surface area contributed by atoms with Gasteiger partial charge in [-0.05, 0) is 39.4 Å². The molecule has 35 heavy (non-hydrogen) atoms. The van der Waals surface area contributed by atoms with Crippen LogP contribution >= 0.6 is 31.9 Å². The van der Waals surface area contributed by atoms with Gasteiger partial charge in [0.15, 0.2) is 0 Å². The van der Waals surface area contributed by atoms with Gasteiger partial charge in [0.2, 0.25) is 0 Å². The van der Waals surface area contributed by atoms with Gasteiger partial charge < -0.3 is 4.74 Å². The van der Waals surface area contributed by atoms with E-state index < -0.39 is 3.23 Å². The number of hydrogen-bond donors (Lipinski definition) is 0. The molecule has 0 radical (unpaired) electrons. The van der Waals surface area contributed by atoms with E-state index >= 15 is 0 Å². The van der Waals surface area contributed by atoms with Gasteiger partial charge in [-0.15, -0.1) is 0 Å². The Morgan fingerprint density at radius 2 is 1.00 bits per heavy atom. The first kappa shape index (κ1) is 23.6. The van der Waals surface area contributed by atoms with Crippen molar-refractivity contribution in [3.05, 3.63) is 150 Å². The summed E-state index contributed by atoms with van der Waals surface area (Å²) < 4.78 is 5.91. The molecule has 1 nitrogen and oxygen atoms in total. The number of rotatable bonds is 7. The van der Waals surface area contributed by atoms with Crippen LogP contribution in [-0.2, 0) is 9.84 Å². The van der Waals surface area contributed by atoms with Crippen LogP contribution < -0.4 is 4.74 Å². The third-order valence-electron chi connectivity index (χ3n) is 6.00. The first-order chi connectivity index (χ1) is 17.1. The molecule has 0 aliphatic rings. The molecule has 0 amide bonds. The lowest BCUT2D eigenvalue weighted by molar-refractivity contribution is 0.307. The Hall–Kier alpha value is -3.14. The zero-order chi connectivity index (χ0) is 24.1. The fraction of sp³-hybridized carbons (Fsp3) is 0.0625. The summed E-state index contributed by atoms with van der Waals surface area (Å²) in [5.41, 5.74) is 7.81. The Labute approximate surface area is 223 Å². The summed E-state index contributed by atoms with van der Waals surface area (Å²) in [6.07, 6.45) is 0. The van der Waals surface area contributed by atoms with Gasteiger partial charge in [-0.2, -0.15) is 0 Å². The molecule has 3 heteroatoms. The van der Waals surface area contributed by atoms with E-state index in [0.29, 0.717) is 6.61 Å². The van der Waals surface area contributed by atoms with Gasteiger partial charge in [-0.3, -0.25) is 0 Å². The van der Waals surface area contributed by atoms with Gasteiger partial charge >= 0.3 is 0 Å². The predicted molar refractivity (Wildman–Crippen MR) is 153 cm³/mol. The molecular formula is C32H24Br2O. The summed E-state index contributed by atoms with van der Waals surface area (Å²) in [7, 11) is 0. The summed E-state index contributed by atoms with van der Waals surface area (Å²) >= 11 is 8.06. The van der Waals surface area contributed by atoms with E-state index in [9.17, 15) is 0 Å². The van der Waals surface area contributed by atoms with Crippen LogP contribution in [0.3, 0.4) is 0 Å². The molecule has 0 heterocycles. The lowest BCUT2D eigenvalue weighted by atomic mass is 9.87. The highest BCUT2D eigenvalue weighted by Crippen LogP contribution is 2.52. The maximum Gasteiger partial charge on any atom is 0.131 e. The second-order valence-electron chi connectivity index (χ2n) is 8.31. The zero-order valence-electron chi connectivity index (χ0n) is 19.1. The van der Waals surface area contributed by atoms with E-state index in [1.165, 1.54) is 0 Å². The molecule has 0 unspecified atom stereocenters. The highest BCUT2D eigenvalue weighted by Gasteiger charge is 2.33. The minimum absolute atomic E-state index is 0.501. The van der Waals surface area contributed by atoms with Gasteiger partial charge in [-0.25, -0.2) is 0 Å². The highest BCUT2D eigenvalue weighted by molar-refractivity contribution is 9.25. The van der Waals surface area contributed by atoms with Crippen molar-refractivity contribution in [1.29, 1.82) is 0 Å². The Kier molecular flexibility index (Phi) is 7.17. The molecule has 0 aromatic heterocycles. The van der Waals surface area contributed by atoms with Crippen molar-refractivity contribution in [2.75, 3.05) is 0 Å². The Bertz CT molecular complexity index is 1380. The van der Waals surface area contributed by atoms with Crippen LogP contribution in [0.1, 0.15) is 16.7 Å². The van der Waals surface area contributed by atoms with Gasteiger partial charge in [0.05, 0.1) is 0 Å². The maximum atomic E-state index is 6.48. The highest BCUT2D eigenvalue weighted by atomic mass is 79.9. The standard InChI is InChI=1S/C32H24Br2O/c33-32(34,27-19-11-4-12-20-27)28-21-22-29(35-23-24-13-5-1-6-14-24)31(26-17-9-3-10-18-26)30(28)25-15-7-2-8-16-25/h1-22H,23H2. The summed E-state index contributed by atoms with van der Waals surface area (Å²) in [4.78, 5) is 0. The lowest BCUT2D eigenvalue weighted by Crippen LogP contribution is -2.13. The molecule has 5 aromatic carbocycles. The van der Waals surface area contributed by atoms with Crippen LogP contribution in [0, 0.1) is 0 Å². The first-order valence-electron chi connectivity index (χ1n) is 11.5. The van der Waals surface area contributed by atoms with Crippen molar-refractivity contribution in [2.24, 2.45) is 0 Å². The van der Waals surface area contributed by atoms with Crippen LogP contribution in [0.15, 0.2) is 133 Å². The molecule has 0 fully saturated rings. The average molecular weight is 584 g/mol. The minimum atomic E-state index is -0.575. The van der Waals surface area contributed by atoms with E-state index in [4.69, 9.17) is 4.74 Å². The minimum Gasteiger partial charge on any atom is -0.488 e. The van der Waals surface area contributed by atoms with Crippen molar-refractivity contribution < 1.29 is 4.74 Å². The monoisotopic (exact) mass is 582 g/mol. The molecular weight excluding hydrogens is 560 g/mol. The van der Waals surface area contributed by atoms with Crippen molar-refractivity contribution in [1.82, 2.24) is 0 Å². The van der Waals surface area contributed by atoms with Crippen molar-refractivity contribution >= 4 is 31.9 Å². The topological polar surface area (TPSA) is 9.23 Å². The first-order valence-corrected chi connectivity index (χ1v) is 13.1. The van der Waals surface area contributed by atoms with E-state index in [-0.39, 0.29) is 0 Å². The maximum absolute atomic E-state index is 6.48. The number of ether oxygens (including phenoxy) is 1. The van der Waals surface area contributed by atoms with Crippen LogP contribution in [-0.4, -0.2) is 0 Å².